The molecule has 4 N–H and O–H groups in total. The number of carbonyl (C=O) groups excluding carboxylic acids is 2. The topological polar surface area (TPSA) is 121 Å². The van der Waals surface area contributed by atoms with E-state index in [0.717, 1.165) is 41.6 Å². The van der Waals surface area contributed by atoms with E-state index in [2.05, 4.69) is 14.7 Å². The summed E-state index contributed by atoms with van der Waals surface area (Å²) in [6, 6.07) is 18.8. The van der Waals surface area contributed by atoms with Gasteiger partial charge in [0.1, 0.15) is 11.5 Å². The molecule has 1 aromatic heterocycles. The van der Waals surface area contributed by atoms with Crippen LogP contribution >= 0.6 is 0 Å². The van der Waals surface area contributed by atoms with Crippen molar-refractivity contribution in [3.8, 4) is 11.1 Å². The highest BCUT2D eigenvalue weighted by Gasteiger charge is 2.42. The van der Waals surface area contributed by atoms with E-state index in [1.54, 1.807) is 0 Å². The molecule has 1 fully saturated rings. The number of nitrogens with zero attached hydrogens (tertiary/aromatic N) is 2. The summed E-state index contributed by atoms with van der Waals surface area (Å²) in [4.78, 5) is 32.3. The van der Waals surface area contributed by atoms with Crippen LogP contribution in [0.3, 0.4) is 0 Å². The standard InChI is InChI=1S/C25H24N4O3/c1-32-23(31)21-12-7-18(15-28-21)22(30)29-24(27)25(13-2-14-25)19-8-3-16(4-9-19)17-5-10-20(26)11-6-17/h3-12,15H,2,13-14,26H2,1H3,(H2,27,29,30). The van der Waals surface area contributed by atoms with E-state index >= 15 is 0 Å². The number of pyridine rings is 1. The van der Waals surface area contributed by atoms with Crippen LogP contribution in [0.2, 0.25) is 0 Å². The SMILES string of the molecule is COC(=O)c1ccc(C(=O)N=C(N)C2(c3ccc(-c4ccc(N)cc4)cc3)CCC2)cn1. The number of aromatic nitrogens is 1. The third kappa shape index (κ3) is 3.97. The third-order valence-corrected chi connectivity index (χ3v) is 6.01. The minimum absolute atomic E-state index is 0.123. The van der Waals surface area contributed by atoms with Crippen LogP contribution < -0.4 is 11.5 Å². The lowest BCUT2D eigenvalue weighted by molar-refractivity contribution is 0.0593. The van der Waals surface area contributed by atoms with Crippen molar-refractivity contribution in [3.63, 3.8) is 0 Å². The summed E-state index contributed by atoms with van der Waals surface area (Å²) in [7, 11) is 1.27. The van der Waals surface area contributed by atoms with Crippen LogP contribution in [-0.2, 0) is 10.2 Å². The maximum atomic E-state index is 12.7. The molecule has 1 amide bonds. The van der Waals surface area contributed by atoms with Crippen molar-refractivity contribution in [2.75, 3.05) is 12.8 Å². The van der Waals surface area contributed by atoms with Crippen LogP contribution in [0.15, 0.2) is 71.9 Å². The molecule has 162 valence electrons. The van der Waals surface area contributed by atoms with Crippen molar-refractivity contribution in [2.24, 2.45) is 10.7 Å². The molecule has 4 rings (SSSR count). The average molecular weight is 428 g/mol. The Hall–Kier alpha value is -4.00. The first kappa shape index (κ1) is 21.2. The van der Waals surface area contributed by atoms with Gasteiger partial charge in [-0.2, -0.15) is 4.99 Å². The number of benzene rings is 2. The van der Waals surface area contributed by atoms with Gasteiger partial charge in [-0.3, -0.25) is 4.79 Å². The lowest BCUT2D eigenvalue weighted by atomic mass is 9.63. The number of carbonyl (C=O) groups is 2. The molecular formula is C25H24N4O3. The van der Waals surface area contributed by atoms with Crippen LogP contribution in [0, 0.1) is 0 Å². The first-order chi connectivity index (χ1) is 15.4. The number of hydrogen-bond donors (Lipinski definition) is 2. The van der Waals surface area contributed by atoms with E-state index in [1.807, 2.05) is 48.5 Å². The molecule has 0 saturated heterocycles. The Balaban J connectivity index is 1.56. The molecule has 7 nitrogen and oxygen atoms in total. The zero-order chi connectivity index (χ0) is 22.7. The number of nitrogens with two attached hydrogens (primary N) is 2. The van der Waals surface area contributed by atoms with Gasteiger partial charge in [0.05, 0.1) is 18.1 Å². The Morgan fingerprint density at radius 3 is 2.09 bits per heavy atom. The van der Waals surface area contributed by atoms with E-state index in [9.17, 15) is 9.59 Å². The molecular weight excluding hydrogens is 404 g/mol. The van der Waals surface area contributed by atoms with Gasteiger partial charge in [0.15, 0.2) is 0 Å². The Bertz CT molecular complexity index is 1160. The highest BCUT2D eigenvalue weighted by Crippen LogP contribution is 2.44. The fourth-order valence-electron chi connectivity index (χ4n) is 3.91. The normalized spacial score (nSPS) is 15.0. The molecule has 1 aliphatic rings. The van der Waals surface area contributed by atoms with Gasteiger partial charge in [0.2, 0.25) is 0 Å². The van der Waals surface area contributed by atoms with Gasteiger partial charge in [-0.1, -0.05) is 42.8 Å². The molecule has 1 aliphatic carbocycles. The van der Waals surface area contributed by atoms with Gasteiger partial charge in [0, 0.05) is 11.9 Å². The van der Waals surface area contributed by atoms with Crippen molar-refractivity contribution in [1.29, 1.82) is 0 Å². The quantitative estimate of drug-likeness (QED) is 0.276. The number of methoxy groups -OCH3 is 1. The molecule has 0 bridgehead atoms. The number of anilines is 1. The summed E-state index contributed by atoms with van der Waals surface area (Å²) in [6.07, 6.45) is 3.98. The first-order valence-corrected chi connectivity index (χ1v) is 10.3. The number of esters is 1. The second kappa shape index (κ2) is 8.63. The molecule has 1 saturated carbocycles. The summed E-state index contributed by atoms with van der Waals surface area (Å²) in [6.45, 7) is 0. The van der Waals surface area contributed by atoms with Gasteiger partial charge in [0.25, 0.3) is 5.91 Å². The predicted octanol–water partition coefficient (Wildman–Crippen LogP) is 3.74. The van der Waals surface area contributed by atoms with Crippen LogP contribution in [-0.4, -0.2) is 29.8 Å². The molecule has 1 heterocycles. The second-order valence-corrected chi connectivity index (χ2v) is 7.86. The van der Waals surface area contributed by atoms with Crippen LogP contribution in [0.25, 0.3) is 11.1 Å². The predicted molar refractivity (Wildman–Crippen MR) is 123 cm³/mol. The maximum Gasteiger partial charge on any atom is 0.356 e. The van der Waals surface area contributed by atoms with Crippen molar-refractivity contribution >= 4 is 23.4 Å². The van der Waals surface area contributed by atoms with Crippen molar-refractivity contribution in [3.05, 3.63) is 83.7 Å². The van der Waals surface area contributed by atoms with Gasteiger partial charge in [-0.15, -0.1) is 0 Å². The summed E-state index contributed by atoms with van der Waals surface area (Å²) in [5.41, 5.74) is 16.0. The number of aliphatic imine (C=N–C) groups is 1. The van der Waals surface area contributed by atoms with E-state index in [-0.39, 0.29) is 11.3 Å². The number of amides is 1. The van der Waals surface area contributed by atoms with E-state index in [4.69, 9.17) is 11.5 Å². The third-order valence-electron chi connectivity index (χ3n) is 6.01. The van der Waals surface area contributed by atoms with Crippen molar-refractivity contribution in [1.82, 2.24) is 4.98 Å². The Morgan fingerprint density at radius 1 is 0.969 bits per heavy atom. The number of amidine groups is 1. The molecule has 0 aliphatic heterocycles. The highest BCUT2D eigenvalue weighted by molar-refractivity contribution is 6.06. The molecule has 7 heteroatoms. The Labute approximate surface area is 186 Å². The monoisotopic (exact) mass is 428 g/mol. The summed E-state index contributed by atoms with van der Waals surface area (Å²) < 4.78 is 4.62. The van der Waals surface area contributed by atoms with E-state index in [0.29, 0.717) is 5.84 Å². The fourth-order valence-corrected chi connectivity index (χ4v) is 3.91. The smallest absolute Gasteiger partial charge is 0.356 e. The number of rotatable bonds is 5. The van der Waals surface area contributed by atoms with Crippen LogP contribution in [0.1, 0.15) is 45.7 Å². The molecule has 3 aromatic rings. The number of ether oxygens (including phenoxy) is 1. The molecule has 0 unspecified atom stereocenters. The maximum absolute atomic E-state index is 12.7. The minimum Gasteiger partial charge on any atom is -0.464 e. The van der Waals surface area contributed by atoms with Gasteiger partial charge in [-0.25, -0.2) is 9.78 Å². The Kier molecular flexibility index (Phi) is 5.73. The molecule has 0 spiro atoms. The summed E-state index contributed by atoms with van der Waals surface area (Å²) >= 11 is 0. The average Bonchev–Trinajstić information content (AvgIpc) is 2.79. The zero-order valence-corrected chi connectivity index (χ0v) is 17.7. The lowest BCUT2D eigenvalue weighted by Crippen LogP contribution is -2.47. The Morgan fingerprint density at radius 2 is 1.59 bits per heavy atom. The second-order valence-electron chi connectivity index (χ2n) is 7.86. The summed E-state index contributed by atoms with van der Waals surface area (Å²) in [5.74, 6) is -0.759. The molecule has 2 aromatic carbocycles. The van der Waals surface area contributed by atoms with Crippen molar-refractivity contribution in [2.45, 2.75) is 24.7 Å². The molecule has 32 heavy (non-hydrogen) atoms. The first-order valence-electron chi connectivity index (χ1n) is 10.3. The van der Waals surface area contributed by atoms with Gasteiger partial charge < -0.3 is 16.2 Å². The zero-order valence-electron chi connectivity index (χ0n) is 17.7. The van der Waals surface area contributed by atoms with Gasteiger partial charge >= 0.3 is 5.97 Å². The largest absolute Gasteiger partial charge is 0.464 e. The van der Waals surface area contributed by atoms with Crippen LogP contribution in [0.4, 0.5) is 5.69 Å². The highest BCUT2D eigenvalue weighted by atomic mass is 16.5. The van der Waals surface area contributed by atoms with Crippen molar-refractivity contribution < 1.29 is 14.3 Å². The van der Waals surface area contributed by atoms with Gasteiger partial charge in [-0.05, 0) is 53.8 Å². The van der Waals surface area contributed by atoms with E-state index in [1.165, 1.54) is 25.4 Å². The fraction of sp³-hybridized carbons (Fsp3) is 0.200. The number of hydrogen-bond acceptors (Lipinski definition) is 5. The summed E-state index contributed by atoms with van der Waals surface area (Å²) in [5, 5.41) is 0. The lowest BCUT2D eigenvalue weighted by Gasteiger charge is -2.41. The van der Waals surface area contributed by atoms with E-state index < -0.39 is 17.3 Å². The minimum atomic E-state index is -0.567. The van der Waals surface area contributed by atoms with Crippen LogP contribution in [0.5, 0.6) is 0 Å². The molecule has 0 radical (unpaired) electrons. The molecule has 0 atom stereocenters. The number of nitrogen functional groups attached to an aromatic ring is 1.